The van der Waals surface area contributed by atoms with Crippen LogP contribution in [0.2, 0.25) is 0 Å². The summed E-state index contributed by atoms with van der Waals surface area (Å²) in [4.78, 5) is 23.9. The van der Waals surface area contributed by atoms with Crippen molar-refractivity contribution in [2.75, 3.05) is 20.3 Å². The average Bonchev–Trinajstić information content (AvgIpc) is 2.96. The zero-order chi connectivity index (χ0) is 11.4. The second-order valence-electron chi connectivity index (χ2n) is 3.95. The maximum Gasteiger partial charge on any atom is 0.323 e. The fourth-order valence-corrected chi connectivity index (χ4v) is 1.52. The highest BCUT2D eigenvalue weighted by atomic mass is 16.5. The second kappa shape index (κ2) is 5.11. The third-order valence-corrected chi connectivity index (χ3v) is 2.41. The monoisotopic (exact) mass is 215 g/mol. The van der Waals surface area contributed by atoms with E-state index >= 15 is 0 Å². The molecule has 0 aromatic heterocycles. The van der Waals surface area contributed by atoms with Gasteiger partial charge in [0.25, 0.3) is 0 Å². The molecule has 0 bridgehead atoms. The first kappa shape index (κ1) is 12.0. The highest BCUT2D eigenvalue weighted by Crippen LogP contribution is 2.27. The third-order valence-electron chi connectivity index (χ3n) is 2.41. The number of hydrogen-bond acceptors (Lipinski definition) is 3. The molecule has 0 radical (unpaired) electrons. The minimum Gasteiger partial charge on any atom is -0.480 e. The Kier molecular flexibility index (Phi) is 4.08. The fraction of sp³-hybridized carbons (Fsp3) is 0.800. The van der Waals surface area contributed by atoms with E-state index in [1.807, 2.05) is 0 Å². The molecule has 0 saturated heterocycles. The summed E-state index contributed by atoms with van der Waals surface area (Å²) < 4.78 is 4.89. The molecule has 86 valence electrons. The van der Waals surface area contributed by atoms with Crippen LogP contribution >= 0.6 is 0 Å². The van der Waals surface area contributed by atoms with E-state index in [2.05, 4.69) is 0 Å². The molecule has 0 spiro atoms. The van der Waals surface area contributed by atoms with Crippen molar-refractivity contribution >= 4 is 11.9 Å². The van der Waals surface area contributed by atoms with Crippen molar-refractivity contribution in [3.8, 4) is 0 Å². The van der Waals surface area contributed by atoms with E-state index in [4.69, 9.17) is 9.84 Å². The highest BCUT2D eigenvalue weighted by Gasteiger charge is 2.35. The minimum absolute atomic E-state index is 0.123. The van der Waals surface area contributed by atoms with Crippen molar-refractivity contribution in [2.24, 2.45) is 5.92 Å². The van der Waals surface area contributed by atoms with Gasteiger partial charge in [-0.1, -0.05) is 6.92 Å². The number of ether oxygens (including phenoxy) is 1. The fourth-order valence-electron chi connectivity index (χ4n) is 1.52. The molecule has 0 aromatic carbocycles. The topological polar surface area (TPSA) is 66.8 Å². The van der Waals surface area contributed by atoms with E-state index < -0.39 is 5.97 Å². The minimum atomic E-state index is -0.958. The molecule has 15 heavy (non-hydrogen) atoms. The number of carboxylic acid groups (broad SMARTS) is 1. The predicted molar refractivity (Wildman–Crippen MR) is 53.4 cm³/mol. The zero-order valence-corrected chi connectivity index (χ0v) is 9.10. The lowest BCUT2D eigenvalue weighted by molar-refractivity contribution is -0.147. The van der Waals surface area contributed by atoms with Gasteiger partial charge in [-0.25, -0.2) is 0 Å². The Hall–Kier alpha value is -1.10. The van der Waals surface area contributed by atoms with Crippen molar-refractivity contribution in [3.63, 3.8) is 0 Å². The van der Waals surface area contributed by atoms with Gasteiger partial charge >= 0.3 is 5.97 Å². The lowest BCUT2D eigenvalue weighted by Gasteiger charge is -2.23. The molecule has 5 nitrogen and oxygen atoms in total. The first-order chi connectivity index (χ1) is 7.06. The second-order valence-corrected chi connectivity index (χ2v) is 3.95. The number of carbonyl (C=O) groups is 2. The van der Waals surface area contributed by atoms with Gasteiger partial charge in [-0.05, 0) is 12.8 Å². The summed E-state index contributed by atoms with van der Waals surface area (Å²) in [6.45, 7) is 1.89. The Morgan fingerprint density at radius 3 is 2.53 bits per heavy atom. The van der Waals surface area contributed by atoms with Crippen LogP contribution in [0.25, 0.3) is 0 Å². The lowest BCUT2D eigenvalue weighted by atomic mass is 10.1. The lowest BCUT2D eigenvalue weighted by Crippen LogP contribution is -2.41. The van der Waals surface area contributed by atoms with Crippen molar-refractivity contribution < 1.29 is 19.4 Å². The molecule has 1 unspecified atom stereocenters. The van der Waals surface area contributed by atoms with Crippen LogP contribution in [0.4, 0.5) is 0 Å². The number of aliphatic carboxylic acids is 1. The Balaban J connectivity index is 2.54. The van der Waals surface area contributed by atoms with Crippen LogP contribution in [0.3, 0.4) is 0 Å². The normalized spacial score (nSPS) is 17.2. The summed E-state index contributed by atoms with van der Waals surface area (Å²) in [6, 6.07) is 0.132. The number of amides is 1. The van der Waals surface area contributed by atoms with Crippen molar-refractivity contribution in [1.29, 1.82) is 0 Å². The van der Waals surface area contributed by atoms with Crippen LogP contribution in [0, 0.1) is 5.92 Å². The standard InChI is InChI=1S/C10H17NO4/c1-7(6-15-2)10(14)11(5-9(12)13)8-3-4-8/h7-8H,3-6H2,1-2H3,(H,12,13). The van der Waals surface area contributed by atoms with E-state index in [-0.39, 0.29) is 24.4 Å². The number of carbonyl (C=O) groups excluding carboxylic acids is 1. The van der Waals surface area contributed by atoms with Crippen molar-refractivity contribution in [1.82, 2.24) is 4.90 Å². The Morgan fingerprint density at radius 2 is 2.13 bits per heavy atom. The smallest absolute Gasteiger partial charge is 0.323 e. The van der Waals surface area contributed by atoms with E-state index in [9.17, 15) is 9.59 Å². The van der Waals surface area contributed by atoms with Crippen molar-refractivity contribution in [2.45, 2.75) is 25.8 Å². The third kappa shape index (κ3) is 3.51. The molecule has 5 heteroatoms. The van der Waals surface area contributed by atoms with Gasteiger partial charge in [0, 0.05) is 13.2 Å². The molecule has 1 N–H and O–H groups in total. The van der Waals surface area contributed by atoms with Crippen LogP contribution in [-0.2, 0) is 14.3 Å². The zero-order valence-electron chi connectivity index (χ0n) is 9.10. The number of rotatable bonds is 6. The van der Waals surface area contributed by atoms with Crippen LogP contribution in [0.15, 0.2) is 0 Å². The van der Waals surface area contributed by atoms with Gasteiger partial charge in [0.05, 0.1) is 12.5 Å². The van der Waals surface area contributed by atoms with Crippen molar-refractivity contribution in [3.05, 3.63) is 0 Å². The number of methoxy groups -OCH3 is 1. The molecule has 1 saturated carbocycles. The summed E-state index contributed by atoms with van der Waals surface area (Å²) in [5, 5.41) is 8.70. The number of hydrogen-bond donors (Lipinski definition) is 1. The van der Waals surface area contributed by atoms with E-state index in [0.29, 0.717) is 6.61 Å². The van der Waals surface area contributed by atoms with E-state index in [1.165, 1.54) is 12.0 Å². The summed E-state index contributed by atoms with van der Waals surface area (Å²) in [6.07, 6.45) is 1.83. The molecule has 0 aromatic rings. The summed E-state index contributed by atoms with van der Waals surface area (Å²) in [7, 11) is 1.53. The summed E-state index contributed by atoms with van der Waals surface area (Å²) in [5.41, 5.74) is 0. The number of carboxylic acids is 1. The SMILES string of the molecule is COCC(C)C(=O)N(CC(=O)O)C1CC1. The molecule has 1 aliphatic carbocycles. The van der Waals surface area contributed by atoms with Gasteiger partial charge in [-0.3, -0.25) is 9.59 Å². The van der Waals surface area contributed by atoms with Gasteiger partial charge in [0.1, 0.15) is 6.54 Å². The number of nitrogens with zero attached hydrogens (tertiary/aromatic N) is 1. The van der Waals surface area contributed by atoms with Crippen LogP contribution in [0.1, 0.15) is 19.8 Å². The first-order valence-corrected chi connectivity index (χ1v) is 5.07. The molecule has 1 aliphatic rings. The Labute approximate surface area is 89.0 Å². The molecule has 0 aliphatic heterocycles. The van der Waals surface area contributed by atoms with Crippen LogP contribution in [0.5, 0.6) is 0 Å². The molecule has 1 atom stereocenters. The average molecular weight is 215 g/mol. The Morgan fingerprint density at radius 1 is 1.53 bits per heavy atom. The van der Waals surface area contributed by atoms with E-state index in [0.717, 1.165) is 12.8 Å². The Bertz CT molecular complexity index is 250. The summed E-state index contributed by atoms with van der Waals surface area (Å²) in [5.74, 6) is -1.35. The largest absolute Gasteiger partial charge is 0.480 e. The maximum absolute atomic E-state index is 11.8. The highest BCUT2D eigenvalue weighted by molar-refractivity contribution is 5.83. The van der Waals surface area contributed by atoms with Crippen LogP contribution in [-0.4, -0.2) is 48.2 Å². The first-order valence-electron chi connectivity index (χ1n) is 5.07. The molecule has 1 amide bonds. The van der Waals surface area contributed by atoms with Gasteiger partial charge in [-0.2, -0.15) is 0 Å². The quantitative estimate of drug-likeness (QED) is 0.694. The summed E-state index contributed by atoms with van der Waals surface area (Å²) >= 11 is 0. The van der Waals surface area contributed by atoms with E-state index in [1.54, 1.807) is 6.92 Å². The van der Waals surface area contributed by atoms with Gasteiger partial charge in [0.15, 0.2) is 0 Å². The molecular weight excluding hydrogens is 198 g/mol. The van der Waals surface area contributed by atoms with Gasteiger partial charge in [0.2, 0.25) is 5.91 Å². The molecule has 1 rings (SSSR count). The predicted octanol–water partition coefficient (Wildman–Crippen LogP) is 0.344. The maximum atomic E-state index is 11.8. The molecule has 1 fully saturated rings. The van der Waals surface area contributed by atoms with Gasteiger partial charge in [-0.15, -0.1) is 0 Å². The molecule has 0 heterocycles. The van der Waals surface area contributed by atoms with Gasteiger partial charge < -0.3 is 14.7 Å². The van der Waals surface area contributed by atoms with Crippen LogP contribution < -0.4 is 0 Å². The molecular formula is C10H17NO4.